The van der Waals surface area contributed by atoms with Gasteiger partial charge in [-0.3, -0.25) is 0 Å². The van der Waals surface area contributed by atoms with Gasteiger partial charge in [0, 0.05) is 25.4 Å². The quantitative estimate of drug-likeness (QED) is 0.917. The summed E-state index contributed by atoms with van der Waals surface area (Å²) in [6.45, 7) is 2.51. The summed E-state index contributed by atoms with van der Waals surface area (Å²) in [6, 6.07) is 6.68. The van der Waals surface area contributed by atoms with Crippen LogP contribution in [0.25, 0.3) is 0 Å². The molecule has 2 aromatic rings. The molecule has 0 aliphatic carbocycles. The minimum Gasteiger partial charge on any atom is -0.485 e. The van der Waals surface area contributed by atoms with Gasteiger partial charge in [-0.05, 0) is 24.3 Å². The number of hydrogen-bond acceptors (Lipinski definition) is 5. The van der Waals surface area contributed by atoms with Crippen LogP contribution in [-0.4, -0.2) is 37.4 Å². The van der Waals surface area contributed by atoms with Gasteiger partial charge in [0.2, 0.25) is 0 Å². The van der Waals surface area contributed by atoms with Crippen LogP contribution in [-0.2, 0) is 4.74 Å². The number of nitrogens with zero attached hydrogens (tertiary/aromatic N) is 1. The third-order valence-electron chi connectivity index (χ3n) is 3.27. The van der Waals surface area contributed by atoms with Gasteiger partial charge >= 0.3 is 0 Å². The van der Waals surface area contributed by atoms with E-state index in [0.717, 1.165) is 18.7 Å². The first-order valence-electron chi connectivity index (χ1n) is 7.25. The zero-order valence-electron chi connectivity index (χ0n) is 12.3. The van der Waals surface area contributed by atoms with Crippen LogP contribution in [0.2, 0.25) is 0 Å². The highest BCUT2D eigenvalue weighted by Crippen LogP contribution is 2.29. The van der Waals surface area contributed by atoms with E-state index in [1.807, 2.05) is 0 Å². The summed E-state index contributed by atoms with van der Waals surface area (Å²) in [5, 5.41) is 3.21. The fraction of sp³-hybridized carbons (Fsp3) is 0.312. The highest BCUT2D eigenvalue weighted by molar-refractivity contribution is 5.37. The minimum absolute atomic E-state index is 0.0555. The van der Waals surface area contributed by atoms with Gasteiger partial charge in [-0.2, -0.15) is 0 Å². The van der Waals surface area contributed by atoms with Gasteiger partial charge in [-0.15, -0.1) is 0 Å². The van der Waals surface area contributed by atoms with Crippen molar-refractivity contribution >= 4 is 0 Å². The largest absolute Gasteiger partial charge is 0.485 e. The second-order valence-electron chi connectivity index (χ2n) is 4.99. The molecule has 0 radical (unpaired) electrons. The summed E-state index contributed by atoms with van der Waals surface area (Å²) in [7, 11) is 0. The van der Waals surface area contributed by atoms with E-state index in [-0.39, 0.29) is 17.7 Å². The normalized spacial score (nSPS) is 17.7. The van der Waals surface area contributed by atoms with E-state index in [2.05, 4.69) is 10.3 Å². The zero-order chi connectivity index (χ0) is 16.1. The summed E-state index contributed by atoms with van der Waals surface area (Å²) in [5.41, 5.74) is 0. The predicted molar refractivity (Wildman–Crippen MR) is 78.8 cm³/mol. The monoisotopic (exact) mass is 322 g/mol. The molecule has 1 N–H and O–H groups in total. The van der Waals surface area contributed by atoms with Crippen LogP contribution >= 0.6 is 0 Å². The van der Waals surface area contributed by atoms with E-state index in [4.69, 9.17) is 14.2 Å². The number of halogens is 2. The molecule has 0 bridgehead atoms. The van der Waals surface area contributed by atoms with Crippen molar-refractivity contribution in [1.82, 2.24) is 10.3 Å². The van der Waals surface area contributed by atoms with Crippen LogP contribution in [0.1, 0.15) is 0 Å². The predicted octanol–water partition coefficient (Wildman–Crippen LogP) is 2.52. The first-order valence-corrected chi connectivity index (χ1v) is 7.25. The molecule has 3 rings (SSSR count). The van der Waals surface area contributed by atoms with Gasteiger partial charge in [0.15, 0.2) is 17.4 Å². The Bertz CT molecular complexity index is 664. The summed E-state index contributed by atoms with van der Waals surface area (Å²) in [4.78, 5) is 4.07. The topological polar surface area (TPSA) is 52.6 Å². The molecule has 122 valence electrons. The molecular formula is C16H16F2N2O3. The SMILES string of the molecule is Fc1ccc(Oc2ncccc2OC[C@@H]2CNCCO2)cc1F. The maximum atomic E-state index is 13.2. The molecule has 1 aromatic heterocycles. The second kappa shape index (κ2) is 7.34. The van der Waals surface area contributed by atoms with Crippen molar-refractivity contribution in [3.8, 4) is 17.4 Å². The molecule has 5 nitrogen and oxygen atoms in total. The van der Waals surface area contributed by atoms with Crippen LogP contribution in [0.5, 0.6) is 17.4 Å². The fourth-order valence-electron chi connectivity index (χ4n) is 2.12. The van der Waals surface area contributed by atoms with E-state index >= 15 is 0 Å². The van der Waals surface area contributed by atoms with E-state index in [9.17, 15) is 8.78 Å². The van der Waals surface area contributed by atoms with Crippen LogP contribution in [0.3, 0.4) is 0 Å². The van der Waals surface area contributed by atoms with Crippen molar-refractivity contribution in [2.24, 2.45) is 0 Å². The molecule has 0 amide bonds. The molecular weight excluding hydrogens is 306 g/mol. The van der Waals surface area contributed by atoms with Crippen molar-refractivity contribution in [1.29, 1.82) is 0 Å². The lowest BCUT2D eigenvalue weighted by atomic mass is 10.3. The standard InChI is InChI=1S/C16H16F2N2O3/c17-13-4-3-11(8-14(13)18)23-16-15(2-1-5-20-16)22-10-12-9-19-6-7-21-12/h1-5,8,12,19H,6-7,9-10H2/t12-/m0/s1. The molecule has 1 aromatic carbocycles. The Hall–Kier alpha value is -2.25. The number of rotatable bonds is 5. The van der Waals surface area contributed by atoms with Crippen molar-refractivity contribution in [3.05, 3.63) is 48.2 Å². The van der Waals surface area contributed by atoms with Gasteiger partial charge < -0.3 is 19.5 Å². The smallest absolute Gasteiger partial charge is 0.262 e. The van der Waals surface area contributed by atoms with Gasteiger partial charge in [0.25, 0.3) is 5.88 Å². The number of pyridine rings is 1. The summed E-state index contributed by atoms with van der Waals surface area (Å²) in [6.07, 6.45) is 1.47. The first-order chi connectivity index (χ1) is 11.2. The lowest BCUT2D eigenvalue weighted by Gasteiger charge is -2.23. The molecule has 23 heavy (non-hydrogen) atoms. The number of hydrogen-bond donors (Lipinski definition) is 1. The van der Waals surface area contributed by atoms with Gasteiger partial charge in [-0.1, -0.05) is 0 Å². The molecule has 7 heteroatoms. The van der Waals surface area contributed by atoms with Crippen molar-refractivity contribution < 1.29 is 23.0 Å². The molecule has 1 aliphatic rings. The van der Waals surface area contributed by atoms with E-state index < -0.39 is 11.6 Å². The molecule has 0 spiro atoms. The first kappa shape index (κ1) is 15.6. The van der Waals surface area contributed by atoms with Crippen molar-refractivity contribution in [3.63, 3.8) is 0 Å². The molecule has 1 fully saturated rings. The molecule has 2 heterocycles. The molecule has 1 saturated heterocycles. The van der Waals surface area contributed by atoms with Crippen LogP contribution < -0.4 is 14.8 Å². The Kier molecular flexibility index (Phi) is 4.99. The minimum atomic E-state index is -0.984. The maximum Gasteiger partial charge on any atom is 0.262 e. The van der Waals surface area contributed by atoms with Crippen LogP contribution in [0, 0.1) is 11.6 Å². The second-order valence-corrected chi connectivity index (χ2v) is 4.99. The number of nitrogens with one attached hydrogen (secondary N) is 1. The molecule has 1 aliphatic heterocycles. The number of morpholine rings is 1. The lowest BCUT2D eigenvalue weighted by Crippen LogP contribution is -2.41. The fourth-order valence-corrected chi connectivity index (χ4v) is 2.12. The average Bonchev–Trinajstić information content (AvgIpc) is 2.58. The Balaban J connectivity index is 1.68. The van der Waals surface area contributed by atoms with Crippen LogP contribution in [0.4, 0.5) is 8.78 Å². The van der Waals surface area contributed by atoms with Gasteiger partial charge in [0.05, 0.1) is 6.61 Å². The highest BCUT2D eigenvalue weighted by Gasteiger charge is 2.16. The highest BCUT2D eigenvalue weighted by atomic mass is 19.2. The third kappa shape index (κ3) is 4.14. The van der Waals surface area contributed by atoms with Gasteiger partial charge in [0.1, 0.15) is 18.5 Å². The van der Waals surface area contributed by atoms with Gasteiger partial charge in [-0.25, -0.2) is 13.8 Å². The van der Waals surface area contributed by atoms with E-state index in [0.29, 0.717) is 25.5 Å². The van der Waals surface area contributed by atoms with E-state index in [1.165, 1.54) is 12.3 Å². The zero-order valence-corrected chi connectivity index (χ0v) is 12.3. The lowest BCUT2D eigenvalue weighted by molar-refractivity contribution is -0.000293. The number of aromatic nitrogens is 1. The van der Waals surface area contributed by atoms with Crippen LogP contribution in [0.15, 0.2) is 36.5 Å². The Morgan fingerprint density at radius 1 is 1.26 bits per heavy atom. The number of benzene rings is 1. The molecule has 0 saturated carbocycles. The molecule has 1 atom stereocenters. The summed E-state index contributed by atoms with van der Waals surface area (Å²) in [5.74, 6) is -1.18. The Labute approximate surface area is 132 Å². The van der Waals surface area contributed by atoms with Crippen molar-refractivity contribution in [2.45, 2.75) is 6.10 Å². The maximum absolute atomic E-state index is 13.2. The average molecular weight is 322 g/mol. The number of ether oxygens (including phenoxy) is 3. The Morgan fingerprint density at radius 3 is 2.96 bits per heavy atom. The van der Waals surface area contributed by atoms with E-state index in [1.54, 1.807) is 12.1 Å². The van der Waals surface area contributed by atoms with Crippen molar-refractivity contribution in [2.75, 3.05) is 26.3 Å². The Morgan fingerprint density at radius 2 is 2.17 bits per heavy atom. The summed E-state index contributed by atoms with van der Waals surface area (Å²) >= 11 is 0. The summed E-state index contributed by atoms with van der Waals surface area (Å²) < 4.78 is 42.9. The third-order valence-corrected chi connectivity index (χ3v) is 3.27. The molecule has 0 unspecified atom stereocenters.